The van der Waals surface area contributed by atoms with Crippen LogP contribution in [0.4, 0.5) is 17.1 Å². The third kappa shape index (κ3) is 3.87. The smallest absolute Gasteiger partial charge is 0.337 e. The van der Waals surface area contributed by atoms with Gasteiger partial charge in [0.1, 0.15) is 5.75 Å². The number of aromatic carboxylic acids is 1. The minimum absolute atomic E-state index is 0.220. The average Bonchev–Trinajstić information content (AvgIpc) is 3.30. The highest BCUT2D eigenvalue weighted by Gasteiger charge is 2.23. The lowest BCUT2D eigenvalue weighted by Gasteiger charge is -2.29. The molecule has 0 fully saturated rings. The number of ether oxygens (including phenoxy) is 2. The van der Waals surface area contributed by atoms with Crippen LogP contribution in [0.2, 0.25) is 0 Å². The number of carboxylic acids is 1. The Morgan fingerprint density at radius 1 is 1.16 bits per heavy atom. The Balaban J connectivity index is 1.34. The molecule has 2 aliphatic rings. The Labute approximate surface area is 186 Å². The topological polar surface area (TPSA) is 83.9 Å². The number of fused-ring (bicyclic) bond motifs is 2. The fourth-order valence-electron chi connectivity index (χ4n) is 4.34. The van der Waals surface area contributed by atoms with E-state index in [0.29, 0.717) is 32.1 Å². The van der Waals surface area contributed by atoms with Crippen molar-refractivity contribution in [2.24, 2.45) is 0 Å². The first kappa shape index (κ1) is 20.3. The molecule has 1 aromatic heterocycles. The summed E-state index contributed by atoms with van der Waals surface area (Å²) in [4.78, 5) is 17.7. The summed E-state index contributed by atoms with van der Waals surface area (Å²) in [5, 5.41) is 12.7. The average molecular weight is 431 g/mol. The number of hydrogen-bond donors (Lipinski definition) is 2. The Bertz CT molecular complexity index is 1160. The maximum atomic E-state index is 11.5. The molecular formula is C25H25N3O4. The van der Waals surface area contributed by atoms with E-state index in [9.17, 15) is 9.90 Å². The number of carboxylic acid groups (broad SMARTS) is 1. The molecule has 164 valence electrons. The molecule has 7 heteroatoms. The van der Waals surface area contributed by atoms with Crippen LogP contribution in [0.25, 0.3) is 0 Å². The number of nitrogens with zero attached hydrogens (tertiary/aromatic N) is 2. The van der Waals surface area contributed by atoms with Crippen LogP contribution in [0.3, 0.4) is 0 Å². The summed E-state index contributed by atoms with van der Waals surface area (Å²) in [6.45, 7) is 2.60. The van der Waals surface area contributed by atoms with Gasteiger partial charge in [0.25, 0.3) is 0 Å². The van der Waals surface area contributed by atoms with Crippen LogP contribution in [0.1, 0.15) is 39.4 Å². The molecule has 3 aromatic rings. The summed E-state index contributed by atoms with van der Waals surface area (Å²) in [5.74, 6) is 0.131. The minimum Gasteiger partial charge on any atom is -0.493 e. The van der Waals surface area contributed by atoms with Crippen molar-refractivity contribution in [1.82, 2.24) is 4.98 Å². The van der Waals surface area contributed by atoms with Crippen LogP contribution in [0.15, 0.2) is 54.9 Å². The molecule has 0 saturated heterocycles. The molecule has 3 heterocycles. The Morgan fingerprint density at radius 2 is 1.97 bits per heavy atom. The molecule has 0 aliphatic carbocycles. The van der Waals surface area contributed by atoms with Crippen molar-refractivity contribution in [2.75, 3.05) is 30.4 Å². The largest absolute Gasteiger partial charge is 0.493 e. The van der Waals surface area contributed by atoms with Gasteiger partial charge in [-0.05, 0) is 47.4 Å². The zero-order chi connectivity index (χ0) is 22.1. The van der Waals surface area contributed by atoms with E-state index >= 15 is 0 Å². The van der Waals surface area contributed by atoms with Gasteiger partial charge < -0.3 is 24.8 Å². The van der Waals surface area contributed by atoms with E-state index in [0.717, 1.165) is 29.1 Å². The highest BCUT2D eigenvalue weighted by molar-refractivity contribution is 5.93. The number of nitrogens with one attached hydrogen (secondary N) is 1. The number of benzene rings is 2. The second kappa shape index (κ2) is 8.51. The molecule has 0 saturated carbocycles. The fourth-order valence-corrected chi connectivity index (χ4v) is 4.34. The molecule has 0 radical (unpaired) electrons. The molecule has 7 nitrogen and oxygen atoms in total. The summed E-state index contributed by atoms with van der Waals surface area (Å²) in [6, 6.07) is 14.3. The summed E-state index contributed by atoms with van der Waals surface area (Å²) in [5.41, 5.74) is 6.55. The van der Waals surface area contributed by atoms with Crippen LogP contribution in [-0.2, 0) is 18.0 Å². The Morgan fingerprint density at radius 3 is 2.84 bits per heavy atom. The fraction of sp³-hybridized carbons (Fsp3) is 0.280. The van der Waals surface area contributed by atoms with Crippen LogP contribution in [-0.4, -0.2) is 36.3 Å². The Hall–Kier alpha value is -3.58. The number of pyridine rings is 1. The molecule has 0 unspecified atom stereocenters. The number of hydrogen-bond acceptors (Lipinski definition) is 6. The standard InChI is InChI=1S/C25H25N3O4/c1-28(19-3-2-17-14-31-15-18(17)10-19)20-4-5-21-16(7-9-32-24(21)11-20)12-27-23-13-26-8-6-22(23)25(29)30/h2-6,8,10-11,13,16,27H,7,9,12,14-15H2,1H3,(H,29,30)/t16-/m0/s1. The van der Waals surface area contributed by atoms with Gasteiger partial charge in [0.15, 0.2) is 0 Å². The highest BCUT2D eigenvalue weighted by Crippen LogP contribution is 2.38. The van der Waals surface area contributed by atoms with Crippen molar-refractivity contribution in [3.63, 3.8) is 0 Å². The zero-order valence-electron chi connectivity index (χ0n) is 17.9. The lowest BCUT2D eigenvalue weighted by atomic mass is 9.92. The zero-order valence-corrected chi connectivity index (χ0v) is 17.9. The van der Waals surface area contributed by atoms with Crippen molar-refractivity contribution in [3.05, 3.63) is 77.1 Å². The van der Waals surface area contributed by atoms with Crippen molar-refractivity contribution in [1.29, 1.82) is 0 Å². The van der Waals surface area contributed by atoms with Crippen molar-refractivity contribution < 1.29 is 19.4 Å². The van der Waals surface area contributed by atoms with Crippen molar-refractivity contribution in [2.45, 2.75) is 25.6 Å². The van der Waals surface area contributed by atoms with Crippen LogP contribution in [0, 0.1) is 0 Å². The summed E-state index contributed by atoms with van der Waals surface area (Å²) < 4.78 is 11.5. The van der Waals surface area contributed by atoms with Gasteiger partial charge >= 0.3 is 5.97 Å². The van der Waals surface area contributed by atoms with Crippen LogP contribution >= 0.6 is 0 Å². The predicted octanol–water partition coefficient (Wildman–Crippen LogP) is 4.56. The van der Waals surface area contributed by atoms with Gasteiger partial charge in [-0.2, -0.15) is 0 Å². The van der Waals surface area contributed by atoms with E-state index in [-0.39, 0.29) is 11.5 Å². The number of aromatic nitrogens is 1. The quantitative estimate of drug-likeness (QED) is 0.592. The molecule has 0 bridgehead atoms. The monoisotopic (exact) mass is 431 g/mol. The normalized spacial score (nSPS) is 16.6. The molecule has 2 N–H and O–H groups in total. The predicted molar refractivity (Wildman–Crippen MR) is 122 cm³/mol. The van der Waals surface area contributed by atoms with Crippen molar-refractivity contribution in [3.8, 4) is 5.75 Å². The first-order chi connectivity index (χ1) is 15.6. The van der Waals surface area contributed by atoms with Gasteiger partial charge in [0, 0.05) is 43.1 Å². The Kier molecular flexibility index (Phi) is 5.41. The van der Waals surface area contributed by atoms with E-state index in [1.54, 1.807) is 6.20 Å². The van der Waals surface area contributed by atoms with E-state index in [1.165, 1.54) is 23.4 Å². The van der Waals surface area contributed by atoms with Gasteiger partial charge in [0.2, 0.25) is 0 Å². The second-order valence-electron chi connectivity index (χ2n) is 8.17. The van der Waals surface area contributed by atoms with Gasteiger partial charge in [-0.3, -0.25) is 4.98 Å². The van der Waals surface area contributed by atoms with E-state index < -0.39 is 5.97 Å². The van der Waals surface area contributed by atoms with Gasteiger partial charge in [0.05, 0.1) is 37.3 Å². The van der Waals surface area contributed by atoms with Gasteiger partial charge in [-0.1, -0.05) is 12.1 Å². The highest BCUT2D eigenvalue weighted by atomic mass is 16.5. The molecule has 1 atom stereocenters. The van der Waals surface area contributed by atoms with Crippen LogP contribution in [0.5, 0.6) is 5.75 Å². The lowest BCUT2D eigenvalue weighted by Crippen LogP contribution is -2.22. The minimum atomic E-state index is -0.965. The van der Waals surface area contributed by atoms with E-state index in [4.69, 9.17) is 9.47 Å². The molecule has 5 rings (SSSR count). The maximum absolute atomic E-state index is 11.5. The van der Waals surface area contributed by atoms with Crippen molar-refractivity contribution >= 4 is 23.0 Å². The van der Waals surface area contributed by atoms with E-state index in [1.807, 2.05) is 0 Å². The third-order valence-electron chi connectivity index (χ3n) is 6.23. The number of rotatable bonds is 6. The first-order valence-corrected chi connectivity index (χ1v) is 10.7. The summed E-state index contributed by atoms with van der Waals surface area (Å²) >= 11 is 0. The summed E-state index contributed by atoms with van der Waals surface area (Å²) in [7, 11) is 2.05. The van der Waals surface area contributed by atoms with E-state index in [2.05, 4.69) is 58.6 Å². The lowest BCUT2D eigenvalue weighted by molar-refractivity contribution is 0.0697. The second-order valence-corrected chi connectivity index (χ2v) is 8.17. The molecule has 2 aliphatic heterocycles. The number of anilines is 3. The number of carbonyl (C=O) groups is 1. The first-order valence-electron chi connectivity index (χ1n) is 10.7. The molecule has 0 amide bonds. The molecule has 32 heavy (non-hydrogen) atoms. The molecule has 2 aromatic carbocycles. The summed E-state index contributed by atoms with van der Waals surface area (Å²) in [6.07, 6.45) is 3.91. The maximum Gasteiger partial charge on any atom is 0.337 e. The molecule has 0 spiro atoms. The van der Waals surface area contributed by atoms with Gasteiger partial charge in [-0.25, -0.2) is 4.79 Å². The van der Waals surface area contributed by atoms with Gasteiger partial charge in [-0.15, -0.1) is 0 Å². The molecular weight excluding hydrogens is 406 g/mol. The van der Waals surface area contributed by atoms with Crippen LogP contribution < -0.4 is 15.0 Å². The third-order valence-corrected chi connectivity index (χ3v) is 6.23. The SMILES string of the molecule is CN(c1ccc2c(c1)COC2)c1ccc2c(c1)OCC[C@H]2CNc1cnccc1C(=O)O.